The van der Waals surface area contributed by atoms with Crippen LogP contribution in [0.3, 0.4) is 0 Å². The SMILES string of the molecule is CCc1c(Cl)[nH]c(=O)n(C2CCCOC2)c1=O. The molecule has 0 radical (unpaired) electrons. The van der Waals surface area contributed by atoms with Crippen LogP contribution >= 0.6 is 11.6 Å². The van der Waals surface area contributed by atoms with Crippen molar-refractivity contribution in [2.24, 2.45) is 0 Å². The summed E-state index contributed by atoms with van der Waals surface area (Å²) in [6, 6.07) is -0.178. The summed E-state index contributed by atoms with van der Waals surface area (Å²) < 4.78 is 6.54. The molecule has 17 heavy (non-hydrogen) atoms. The lowest BCUT2D eigenvalue weighted by Gasteiger charge is -2.23. The molecule has 0 spiro atoms. The molecule has 2 heterocycles. The summed E-state index contributed by atoms with van der Waals surface area (Å²) in [6.45, 7) is 2.94. The number of rotatable bonds is 2. The second-order valence-corrected chi connectivity index (χ2v) is 4.50. The summed E-state index contributed by atoms with van der Waals surface area (Å²) in [6.07, 6.45) is 2.15. The first-order chi connectivity index (χ1) is 8.15. The van der Waals surface area contributed by atoms with Crippen LogP contribution in [0.5, 0.6) is 0 Å². The van der Waals surface area contributed by atoms with Crippen LogP contribution in [-0.4, -0.2) is 22.8 Å². The van der Waals surface area contributed by atoms with Crippen molar-refractivity contribution in [3.8, 4) is 0 Å². The van der Waals surface area contributed by atoms with Crippen molar-refractivity contribution in [2.75, 3.05) is 13.2 Å². The van der Waals surface area contributed by atoms with E-state index in [2.05, 4.69) is 4.98 Å². The van der Waals surface area contributed by atoms with Crippen molar-refractivity contribution in [2.45, 2.75) is 32.2 Å². The molecule has 1 unspecified atom stereocenters. The summed E-state index contributed by atoms with van der Waals surface area (Å²) >= 11 is 5.85. The summed E-state index contributed by atoms with van der Waals surface area (Å²) in [7, 11) is 0. The third-order valence-electron chi connectivity index (χ3n) is 3.03. The molecule has 2 rings (SSSR count). The van der Waals surface area contributed by atoms with Crippen molar-refractivity contribution in [1.29, 1.82) is 0 Å². The van der Waals surface area contributed by atoms with Crippen molar-refractivity contribution in [3.05, 3.63) is 31.6 Å². The van der Waals surface area contributed by atoms with E-state index < -0.39 is 5.69 Å². The second-order valence-electron chi connectivity index (χ2n) is 4.12. The first kappa shape index (κ1) is 12.4. The van der Waals surface area contributed by atoms with Crippen LogP contribution in [0.25, 0.3) is 0 Å². The highest BCUT2D eigenvalue weighted by molar-refractivity contribution is 6.30. The van der Waals surface area contributed by atoms with Crippen LogP contribution in [0.15, 0.2) is 9.59 Å². The molecule has 0 saturated carbocycles. The Labute approximate surface area is 103 Å². The Kier molecular flexibility index (Phi) is 3.69. The van der Waals surface area contributed by atoms with Crippen LogP contribution in [0.1, 0.15) is 31.4 Å². The Hall–Kier alpha value is -1.07. The van der Waals surface area contributed by atoms with Gasteiger partial charge in [-0.3, -0.25) is 14.3 Å². The molecule has 5 nitrogen and oxygen atoms in total. The number of ether oxygens (including phenoxy) is 1. The Balaban J connectivity index is 2.53. The first-order valence-corrected chi connectivity index (χ1v) is 6.14. The fraction of sp³-hybridized carbons (Fsp3) is 0.636. The molecule has 0 amide bonds. The number of aromatic nitrogens is 2. The van der Waals surface area contributed by atoms with Crippen molar-refractivity contribution >= 4 is 11.6 Å². The Morgan fingerprint density at radius 3 is 2.88 bits per heavy atom. The van der Waals surface area contributed by atoms with Gasteiger partial charge in [0.2, 0.25) is 0 Å². The van der Waals surface area contributed by atoms with Crippen molar-refractivity contribution in [1.82, 2.24) is 9.55 Å². The van der Waals surface area contributed by atoms with E-state index in [1.54, 1.807) is 0 Å². The van der Waals surface area contributed by atoms with E-state index in [1.165, 1.54) is 4.57 Å². The molecule has 1 aliphatic rings. The molecule has 0 aliphatic carbocycles. The van der Waals surface area contributed by atoms with Crippen LogP contribution in [-0.2, 0) is 11.2 Å². The smallest absolute Gasteiger partial charge is 0.329 e. The molecule has 1 atom stereocenters. The van der Waals surface area contributed by atoms with Crippen molar-refractivity contribution in [3.63, 3.8) is 0 Å². The minimum atomic E-state index is -0.451. The zero-order valence-corrected chi connectivity index (χ0v) is 10.4. The van der Waals surface area contributed by atoms with E-state index in [0.717, 1.165) is 12.8 Å². The lowest BCUT2D eigenvalue weighted by Crippen LogP contribution is -2.42. The molecule has 1 aliphatic heterocycles. The molecule has 1 aromatic heterocycles. The van der Waals surface area contributed by atoms with Gasteiger partial charge in [0.25, 0.3) is 5.56 Å². The zero-order chi connectivity index (χ0) is 12.4. The highest BCUT2D eigenvalue weighted by Crippen LogP contribution is 2.17. The van der Waals surface area contributed by atoms with E-state index in [0.29, 0.717) is 25.2 Å². The van der Waals surface area contributed by atoms with Crippen molar-refractivity contribution < 1.29 is 4.74 Å². The summed E-state index contributed by atoms with van der Waals surface area (Å²) in [5.74, 6) is 0. The molecule has 6 heteroatoms. The topological polar surface area (TPSA) is 64.1 Å². The van der Waals surface area contributed by atoms with Crippen LogP contribution < -0.4 is 11.2 Å². The summed E-state index contributed by atoms with van der Waals surface area (Å²) in [5.41, 5.74) is -0.290. The van der Waals surface area contributed by atoms with Gasteiger partial charge in [0.1, 0.15) is 5.15 Å². The van der Waals surface area contributed by atoms with E-state index in [-0.39, 0.29) is 16.8 Å². The quantitative estimate of drug-likeness (QED) is 0.808. The predicted octanol–water partition coefficient (Wildman–Crippen LogP) is 1.10. The average Bonchev–Trinajstić information content (AvgIpc) is 2.30. The monoisotopic (exact) mass is 258 g/mol. The highest BCUT2D eigenvalue weighted by atomic mass is 35.5. The summed E-state index contributed by atoms with van der Waals surface area (Å²) in [5, 5.41) is 0.149. The van der Waals surface area contributed by atoms with Gasteiger partial charge in [0.05, 0.1) is 18.2 Å². The largest absolute Gasteiger partial charge is 0.379 e. The average molecular weight is 259 g/mol. The molecule has 0 bridgehead atoms. The summed E-state index contributed by atoms with van der Waals surface area (Å²) in [4.78, 5) is 26.5. The zero-order valence-electron chi connectivity index (χ0n) is 9.66. The van der Waals surface area contributed by atoms with E-state index in [4.69, 9.17) is 16.3 Å². The molecule has 1 N–H and O–H groups in total. The van der Waals surface area contributed by atoms with E-state index >= 15 is 0 Å². The normalized spacial score (nSPS) is 20.5. The van der Waals surface area contributed by atoms with Gasteiger partial charge in [-0.1, -0.05) is 18.5 Å². The Morgan fingerprint density at radius 1 is 1.53 bits per heavy atom. The first-order valence-electron chi connectivity index (χ1n) is 5.76. The van der Waals surface area contributed by atoms with Gasteiger partial charge >= 0.3 is 5.69 Å². The maximum atomic E-state index is 12.1. The van der Waals surface area contributed by atoms with Crippen LogP contribution in [0.4, 0.5) is 0 Å². The minimum absolute atomic E-state index is 0.149. The number of hydrogen-bond donors (Lipinski definition) is 1. The second kappa shape index (κ2) is 5.06. The van der Waals surface area contributed by atoms with Gasteiger partial charge in [0, 0.05) is 6.61 Å². The number of aromatic amines is 1. The van der Waals surface area contributed by atoms with Gasteiger partial charge in [0.15, 0.2) is 0 Å². The van der Waals surface area contributed by atoms with Gasteiger partial charge < -0.3 is 4.74 Å². The standard InChI is InChI=1S/C11H15ClN2O3/c1-2-8-9(12)13-11(16)14(10(8)15)7-4-3-5-17-6-7/h7H,2-6H2,1H3,(H,13,16). The Bertz CT molecular complexity index is 514. The lowest BCUT2D eigenvalue weighted by atomic mass is 10.1. The molecule has 1 aromatic rings. The molecule has 94 valence electrons. The molecule has 0 aromatic carbocycles. The lowest BCUT2D eigenvalue weighted by molar-refractivity contribution is 0.0563. The maximum absolute atomic E-state index is 12.1. The predicted molar refractivity (Wildman–Crippen MR) is 64.8 cm³/mol. The number of halogens is 1. The molecular formula is C11H15ClN2O3. The third kappa shape index (κ3) is 2.30. The molecule has 1 saturated heterocycles. The number of nitrogens with zero attached hydrogens (tertiary/aromatic N) is 1. The van der Waals surface area contributed by atoms with Gasteiger partial charge in [-0.05, 0) is 19.3 Å². The number of H-pyrrole nitrogens is 1. The minimum Gasteiger partial charge on any atom is -0.379 e. The van der Waals surface area contributed by atoms with Crippen LogP contribution in [0.2, 0.25) is 5.15 Å². The number of nitrogens with one attached hydrogen (secondary N) is 1. The van der Waals surface area contributed by atoms with E-state index in [9.17, 15) is 9.59 Å². The molecular weight excluding hydrogens is 244 g/mol. The third-order valence-corrected chi connectivity index (χ3v) is 3.35. The van der Waals surface area contributed by atoms with Gasteiger partial charge in [-0.15, -0.1) is 0 Å². The maximum Gasteiger partial charge on any atom is 0.329 e. The fourth-order valence-corrected chi connectivity index (χ4v) is 2.42. The number of hydrogen-bond acceptors (Lipinski definition) is 3. The molecule has 1 fully saturated rings. The van der Waals surface area contributed by atoms with Gasteiger partial charge in [-0.25, -0.2) is 4.79 Å². The van der Waals surface area contributed by atoms with Gasteiger partial charge in [-0.2, -0.15) is 0 Å². The van der Waals surface area contributed by atoms with Crippen LogP contribution in [0, 0.1) is 0 Å². The fourth-order valence-electron chi connectivity index (χ4n) is 2.13. The highest BCUT2D eigenvalue weighted by Gasteiger charge is 2.21. The Morgan fingerprint density at radius 2 is 2.29 bits per heavy atom. The van der Waals surface area contributed by atoms with E-state index in [1.807, 2.05) is 6.92 Å².